The number of fused-ring (bicyclic) bond motifs is 1. The van der Waals surface area contributed by atoms with Gasteiger partial charge in [-0.25, -0.2) is 9.37 Å². The summed E-state index contributed by atoms with van der Waals surface area (Å²) in [4.78, 5) is 28.6. The van der Waals surface area contributed by atoms with E-state index in [2.05, 4.69) is 20.9 Å². The summed E-state index contributed by atoms with van der Waals surface area (Å²) in [5, 5.41) is 0. The maximum atomic E-state index is 14.1. The van der Waals surface area contributed by atoms with Crippen LogP contribution in [-0.2, 0) is 22.5 Å². The van der Waals surface area contributed by atoms with Crippen molar-refractivity contribution in [3.8, 4) is 0 Å². The first kappa shape index (κ1) is 18.3. The van der Waals surface area contributed by atoms with E-state index in [9.17, 15) is 14.0 Å². The smallest absolute Gasteiger partial charge is 0.311 e. The summed E-state index contributed by atoms with van der Waals surface area (Å²) in [6, 6.07) is 6.44. The number of nitrogens with zero attached hydrogens (tertiary/aromatic N) is 3. The van der Waals surface area contributed by atoms with Gasteiger partial charge in [0.05, 0.1) is 25.3 Å². The number of hydrogen-bond donors (Lipinski definition) is 0. The summed E-state index contributed by atoms with van der Waals surface area (Å²) in [5.74, 6) is -0.406. The first-order valence-electron chi connectivity index (χ1n) is 8.08. The van der Waals surface area contributed by atoms with Crippen LogP contribution in [0.15, 0.2) is 39.7 Å². The predicted octanol–water partition coefficient (Wildman–Crippen LogP) is 2.86. The Bertz CT molecular complexity index is 1040. The average Bonchev–Trinajstić information content (AvgIpc) is 3.02. The Morgan fingerprint density at radius 3 is 2.77 bits per heavy atom. The molecule has 0 saturated carbocycles. The topological polar surface area (TPSA) is 65.6 Å². The third-order valence-electron chi connectivity index (χ3n) is 4.02. The van der Waals surface area contributed by atoms with Crippen LogP contribution in [0, 0.1) is 12.7 Å². The summed E-state index contributed by atoms with van der Waals surface area (Å²) in [7, 11) is 0. The summed E-state index contributed by atoms with van der Waals surface area (Å²) >= 11 is 3.30. The molecule has 0 unspecified atom stereocenters. The summed E-state index contributed by atoms with van der Waals surface area (Å²) in [6.45, 7) is 3.96. The van der Waals surface area contributed by atoms with Crippen molar-refractivity contribution in [1.29, 1.82) is 0 Å². The summed E-state index contributed by atoms with van der Waals surface area (Å²) in [5.41, 5.74) is 1.23. The van der Waals surface area contributed by atoms with Gasteiger partial charge in [-0.15, -0.1) is 0 Å². The van der Waals surface area contributed by atoms with Crippen LogP contribution >= 0.6 is 15.9 Å². The van der Waals surface area contributed by atoms with Crippen molar-refractivity contribution < 1.29 is 13.9 Å². The zero-order chi connectivity index (χ0) is 18.8. The van der Waals surface area contributed by atoms with Crippen molar-refractivity contribution in [3.05, 3.63) is 68.1 Å². The van der Waals surface area contributed by atoms with Crippen LogP contribution < -0.4 is 5.56 Å². The Morgan fingerprint density at radius 2 is 2.08 bits per heavy atom. The number of esters is 1. The number of carbonyl (C=O) groups is 1. The van der Waals surface area contributed by atoms with Gasteiger partial charge in [-0.05, 0) is 35.8 Å². The molecule has 0 amide bonds. The van der Waals surface area contributed by atoms with Gasteiger partial charge in [-0.2, -0.15) is 0 Å². The molecule has 0 atom stereocenters. The quantitative estimate of drug-likeness (QED) is 0.594. The lowest BCUT2D eigenvalue weighted by atomic mass is 10.2. The summed E-state index contributed by atoms with van der Waals surface area (Å²) in [6.07, 6.45) is 1.47. The van der Waals surface area contributed by atoms with Gasteiger partial charge in [0, 0.05) is 17.5 Å². The Labute approximate surface area is 157 Å². The third kappa shape index (κ3) is 3.41. The van der Waals surface area contributed by atoms with E-state index in [1.165, 1.54) is 16.7 Å². The van der Waals surface area contributed by atoms with E-state index in [1.807, 2.05) is 0 Å². The molecule has 2 heterocycles. The number of ether oxygens (including phenoxy) is 1. The molecule has 6 nitrogen and oxygen atoms in total. The van der Waals surface area contributed by atoms with Gasteiger partial charge >= 0.3 is 5.97 Å². The summed E-state index contributed by atoms with van der Waals surface area (Å²) < 4.78 is 22.5. The van der Waals surface area contributed by atoms with Crippen LogP contribution in [0.25, 0.3) is 5.78 Å². The first-order valence-corrected chi connectivity index (χ1v) is 8.87. The van der Waals surface area contributed by atoms with E-state index < -0.39 is 5.97 Å². The zero-order valence-corrected chi connectivity index (χ0v) is 15.9. The largest absolute Gasteiger partial charge is 0.466 e. The van der Waals surface area contributed by atoms with Crippen molar-refractivity contribution in [1.82, 2.24) is 14.0 Å². The maximum absolute atomic E-state index is 14.1. The fraction of sp³-hybridized carbons (Fsp3) is 0.278. The van der Waals surface area contributed by atoms with E-state index >= 15 is 0 Å². The Balaban J connectivity index is 2.12. The first-order chi connectivity index (χ1) is 12.4. The maximum Gasteiger partial charge on any atom is 0.311 e. The SMILES string of the molecule is CCOC(=O)Cc1cn2c(=O)c(Br)c(C)n(Cc3ccccc3F)c2n1. The van der Waals surface area contributed by atoms with E-state index in [4.69, 9.17) is 4.74 Å². The minimum absolute atomic E-state index is 0.0364. The van der Waals surface area contributed by atoms with Gasteiger partial charge in [0.1, 0.15) is 10.3 Å². The number of hydrogen-bond acceptors (Lipinski definition) is 4. The molecule has 136 valence electrons. The number of carbonyl (C=O) groups excluding carboxylic acids is 1. The monoisotopic (exact) mass is 421 g/mol. The van der Waals surface area contributed by atoms with Crippen molar-refractivity contribution in [2.45, 2.75) is 26.8 Å². The molecule has 0 fully saturated rings. The number of halogens is 2. The van der Waals surface area contributed by atoms with Crippen LogP contribution in [0.2, 0.25) is 0 Å². The second-order valence-electron chi connectivity index (χ2n) is 5.77. The van der Waals surface area contributed by atoms with Gasteiger partial charge in [0.15, 0.2) is 0 Å². The lowest BCUT2D eigenvalue weighted by Crippen LogP contribution is -2.21. The van der Waals surface area contributed by atoms with Crippen LogP contribution in [0.4, 0.5) is 4.39 Å². The number of rotatable bonds is 5. The zero-order valence-electron chi connectivity index (χ0n) is 14.3. The van der Waals surface area contributed by atoms with Crippen molar-refractivity contribution >= 4 is 27.7 Å². The van der Waals surface area contributed by atoms with Crippen LogP contribution in [0.1, 0.15) is 23.9 Å². The number of imidazole rings is 1. The molecular formula is C18H17BrFN3O3. The van der Waals surface area contributed by atoms with E-state index in [0.29, 0.717) is 27.2 Å². The minimum Gasteiger partial charge on any atom is -0.466 e. The molecule has 0 saturated heterocycles. The van der Waals surface area contributed by atoms with Gasteiger partial charge in [-0.3, -0.25) is 14.0 Å². The van der Waals surface area contributed by atoms with E-state index in [-0.39, 0.29) is 30.9 Å². The molecule has 3 aromatic rings. The molecule has 0 aliphatic carbocycles. The van der Waals surface area contributed by atoms with E-state index in [1.54, 1.807) is 36.6 Å². The van der Waals surface area contributed by atoms with Gasteiger partial charge in [-0.1, -0.05) is 18.2 Å². The molecule has 8 heteroatoms. The van der Waals surface area contributed by atoms with Crippen LogP contribution in [-0.4, -0.2) is 26.5 Å². The van der Waals surface area contributed by atoms with Gasteiger partial charge < -0.3 is 9.30 Å². The molecule has 0 aliphatic heterocycles. The fourth-order valence-electron chi connectivity index (χ4n) is 2.72. The highest BCUT2D eigenvalue weighted by atomic mass is 79.9. The lowest BCUT2D eigenvalue weighted by molar-refractivity contribution is -0.142. The van der Waals surface area contributed by atoms with E-state index in [0.717, 1.165) is 0 Å². The van der Waals surface area contributed by atoms with Crippen LogP contribution in [0.3, 0.4) is 0 Å². The fourth-order valence-corrected chi connectivity index (χ4v) is 3.12. The molecule has 26 heavy (non-hydrogen) atoms. The standard InChI is InChI=1S/C18H17BrFN3O3/c1-3-26-15(24)8-13-10-23-17(25)16(19)11(2)22(18(23)21-13)9-12-6-4-5-7-14(12)20/h4-7,10H,3,8-9H2,1-2H3. The molecule has 2 aromatic heterocycles. The Hall–Kier alpha value is -2.48. The minimum atomic E-state index is -0.417. The second kappa shape index (κ2) is 7.41. The van der Waals surface area contributed by atoms with Crippen molar-refractivity contribution in [2.24, 2.45) is 0 Å². The molecule has 0 spiro atoms. The Kier molecular flexibility index (Phi) is 5.22. The third-order valence-corrected chi connectivity index (χ3v) is 4.94. The van der Waals surface area contributed by atoms with Gasteiger partial charge in [0.2, 0.25) is 5.78 Å². The molecule has 3 rings (SSSR count). The highest BCUT2D eigenvalue weighted by molar-refractivity contribution is 9.10. The number of benzene rings is 1. The Morgan fingerprint density at radius 1 is 1.35 bits per heavy atom. The van der Waals surface area contributed by atoms with Crippen molar-refractivity contribution in [2.75, 3.05) is 6.61 Å². The molecule has 1 aromatic carbocycles. The highest BCUT2D eigenvalue weighted by Gasteiger charge is 2.17. The molecule has 0 aliphatic rings. The average molecular weight is 422 g/mol. The molecular weight excluding hydrogens is 405 g/mol. The highest BCUT2D eigenvalue weighted by Crippen LogP contribution is 2.18. The number of aromatic nitrogens is 3. The van der Waals surface area contributed by atoms with Crippen molar-refractivity contribution in [3.63, 3.8) is 0 Å². The molecule has 0 radical (unpaired) electrons. The predicted molar refractivity (Wildman–Crippen MR) is 97.7 cm³/mol. The second-order valence-corrected chi connectivity index (χ2v) is 6.56. The molecule has 0 bridgehead atoms. The van der Waals surface area contributed by atoms with Crippen LogP contribution in [0.5, 0.6) is 0 Å². The van der Waals surface area contributed by atoms with Gasteiger partial charge in [0.25, 0.3) is 5.56 Å². The lowest BCUT2D eigenvalue weighted by Gasteiger charge is -2.14. The molecule has 0 N–H and O–H groups in total. The normalized spacial score (nSPS) is 11.1.